The van der Waals surface area contributed by atoms with Gasteiger partial charge in [-0.25, -0.2) is 0 Å². The number of hydrogen-bond acceptors (Lipinski definition) is 4. The number of furan rings is 1. The van der Waals surface area contributed by atoms with Gasteiger partial charge in [0.15, 0.2) is 11.5 Å². The van der Waals surface area contributed by atoms with E-state index in [2.05, 4.69) is 15.5 Å². The minimum absolute atomic E-state index is 0.219. The Hall–Kier alpha value is -3.28. The van der Waals surface area contributed by atoms with Gasteiger partial charge in [0.05, 0.1) is 6.26 Å². The number of rotatable bonds is 4. The summed E-state index contributed by atoms with van der Waals surface area (Å²) < 4.78 is 10.3. The van der Waals surface area contributed by atoms with Crippen molar-refractivity contribution in [3.63, 3.8) is 0 Å². The number of nitrogens with one attached hydrogen (secondary N) is 2. The summed E-state index contributed by atoms with van der Waals surface area (Å²) in [6.07, 6.45) is 3.43. The number of amides is 1. The van der Waals surface area contributed by atoms with Crippen molar-refractivity contribution < 1.29 is 13.7 Å². The summed E-state index contributed by atoms with van der Waals surface area (Å²) in [7, 11) is 0. The van der Waals surface area contributed by atoms with Crippen molar-refractivity contribution in [1.82, 2.24) is 15.5 Å². The molecule has 0 spiro atoms. The topological polar surface area (TPSA) is 84.1 Å². The lowest BCUT2D eigenvalue weighted by molar-refractivity contribution is 0.0942. The number of hydrogen-bond donors (Lipinski definition) is 2. The second-order valence-electron chi connectivity index (χ2n) is 5.10. The van der Waals surface area contributed by atoms with Crippen LogP contribution in [-0.4, -0.2) is 16.0 Å². The lowest BCUT2D eigenvalue weighted by atomic mass is 10.2. The van der Waals surface area contributed by atoms with Crippen LogP contribution in [0.15, 0.2) is 63.9 Å². The zero-order valence-corrected chi connectivity index (χ0v) is 12.1. The number of aromatic nitrogens is 2. The largest absolute Gasteiger partial charge is 0.461 e. The molecule has 0 aliphatic rings. The summed E-state index contributed by atoms with van der Waals surface area (Å²) in [5, 5.41) is 7.71. The van der Waals surface area contributed by atoms with Crippen molar-refractivity contribution in [3.05, 3.63) is 66.2 Å². The van der Waals surface area contributed by atoms with Gasteiger partial charge in [0, 0.05) is 29.7 Å². The van der Waals surface area contributed by atoms with Gasteiger partial charge in [-0.05, 0) is 23.8 Å². The Morgan fingerprint density at radius 3 is 2.96 bits per heavy atom. The fourth-order valence-corrected chi connectivity index (χ4v) is 2.46. The van der Waals surface area contributed by atoms with E-state index in [0.717, 1.165) is 16.5 Å². The second kappa shape index (κ2) is 5.49. The highest BCUT2D eigenvalue weighted by Gasteiger charge is 2.15. The van der Waals surface area contributed by atoms with E-state index >= 15 is 0 Å². The van der Waals surface area contributed by atoms with Gasteiger partial charge in [0.1, 0.15) is 0 Å². The highest BCUT2D eigenvalue weighted by Crippen LogP contribution is 2.21. The number of nitrogens with zero attached hydrogens (tertiary/aromatic N) is 1. The van der Waals surface area contributed by atoms with Gasteiger partial charge in [-0.1, -0.05) is 23.4 Å². The third-order valence-electron chi connectivity index (χ3n) is 3.62. The minimum atomic E-state index is -0.295. The van der Waals surface area contributed by atoms with Crippen LogP contribution >= 0.6 is 0 Å². The van der Waals surface area contributed by atoms with Gasteiger partial charge in [0.25, 0.3) is 5.91 Å². The first kappa shape index (κ1) is 13.4. The third-order valence-corrected chi connectivity index (χ3v) is 3.62. The molecule has 0 atom stereocenters. The maximum Gasteiger partial charge on any atom is 0.273 e. The zero-order chi connectivity index (χ0) is 15.6. The smallest absolute Gasteiger partial charge is 0.273 e. The normalized spacial score (nSPS) is 11.0. The molecule has 1 amide bonds. The van der Waals surface area contributed by atoms with E-state index in [1.807, 2.05) is 30.5 Å². The van der Waals surface area contributed by atoms with Crippen LogP contribution < -0.4 is 5.32 Å². The fraction of sp³-hybridized carbons (Fsp3) is 0.0588. The van der Waals surface area contributed by atoms with Crippen LogP contribution in [0.4, 0.5) is 0 Å². The van der Waals surface area contributed by atoms with Crippen LogP contribution in [0.2, 0.25) is 0 Å². The first-order chi connectivity index (χ1) is 11.3. The molecule has 0 bridgehead atoms. The van der Waals surface area contributed by atoms with E-state index in [9.17, 15) is 4.79 Å². The average molecular weight is 307 g/mol. The lowest BCUT2D eigenvalue weighted by Crippen LogP contribution is -2.22. The Morgan fingerprint density at radius 1 is 1.17 bits per heavy atom. The number of para-hydroxylation sites is 1. The van der Waals surface area contributed by atoms with Gasteiger partial charge >= 0.3 is 0 Å². The number of fused-ring (bicyclic) bond motifs is 1. The molecule has 3 heterocycles. The first-order valence-corrected chi connectivity index (χ1v) is 7.15. The molecule has 6 heteroatoms. The van der Waals surface area contributed by atoms with Crippen molar-refractivity contribution >= 4 is 16.8 Å². The Morgan fingerprint density at radius 2 is 2.09 bits per heavy atom. The summed E-state index contributed by atoms with van der Waals surface area (Å²) >= 11 is 0. The van der Waals surface area contributed by atoms with Gasteiger partial charge in [0.2, 0.25) is 5.76 Å². The SMILES string of the molecule is O=C(NCc1c[nH]c2ccccc12)c1cc(-c2ccco2)on1. The Balaban J connectivity index is 1.48. The van der Waals surface area contributed by atoms with Crippen molar-refractivity contribution in [3.8, 4) is 11.5 Å². The van der Waals surface area contributed by atoms with E-state index in [1.165, 1.54) is 6.26 Å². The lowest BCUT2D eigenvalue weighted by Gasteiger charge is -2.01. The average Bonchev–Trinajstić information content (AvgIpc) is 3.31. The van der Waals surface area contributed by atoms with Gasteiger partial charge < -0.3 is 19.2 Å². The molecule has 0 fully saturated rings. The highest BCUT2D eigenvalue weighted by molar-refractivity contribution is 5.93. The van der Waals surface area contributed by atoms with Gasteiger partial charge in [-0.3, -0.25) is 4.79 Å². The highest BCUT2D eigenvalue weighted by atomic mass is 16.5. The van der Waals surface area contributed by atoms with Crippen molar-refractivity contribution in [2.24, 2.45) is 0 Å². The number of benzene rings is 1. The van der Waals surface area contributed by atoms with Crippen LogP contribution in [-0.2, 0) is 6.54 Å². The van der Waals surface area contributed by atoms with Crippen LogP contribution in [0.3, 0.4) is 0 Å². The van der Waals surface area contributed by atoms with Crippen LogP contribution in [0.25, 0.3) is 22.4 Å². The maximum absolute atomic E-state index is 12.2. The molecule has 1 aromatic carbocycles. The summed E-state index contributed by atoms with van der Waals surface area (Å²) in [5.74, 6) is 0.664. The second-order valence-corrected chi connectivity index (χ2v) is 5.10. The summed E-state index contributed by atoms with van der Waals surface area (Å²) in [6.45, 7) is 0.409. The molecule has 114 valence electrons. The molecule has 0 radical (unpaired) electrons. The minimum Gasteiger partial charge on any atom is -0.461 e. The summed E-state index contributed by atoms with van der Waals surface area (Å²) in [6, 6.07) is 13.0. The molecular weight excluding hydrogens is 294 g/mol. The standard InChI is InChI=1S/C17H13N3O3/c21-17(14-8-16(23-20-14)15-6-3-7-22-15)19-10-11-9-18-13-5-2-1-4-12(11)13/h1-9,18H,10H2,(H,19,21). The van der Waals surface area contributed by atoms with Crippen LogP contribution in [0.5, 0.6) is 0 Å². The summed E-state index contributed by atoms with van der Waals surface area (Å²) in [4.78, 5) is 15.4. The number of aromatic amines is 1. The molecular formula is C17H13N3O3. The maximum atomic E-state index is 12.2. The quantitative estimate of drug-likeness (QED) is 0.605. The molecule has 23 heavy (non-hydrogen) atoms. The number of carbonyl (C=O) groups excluding carboxylic acids is 1. The Labute approximate surface area is 131 Å². The van der Waals surface area contributed by atoms with Crippen LogP contribution in [0, 0.1) is 0 Å². The van der Waals surface area contributed by atoms with E-state index < -0.39 is 0 Å². The molecule has 6 nitrogen and oxygen atoms in total. The van der Waals surface area contributed by atoms with E-state index in [4.69, 9.17) is 8.94 Å². The third kappa shape index (κ3) is 2.50. The predicted molar refractivity (Wildman–Crippen MR) is 83.7 cm³/mol. The number of carbonyl (C=O) groups is 1. The van der Waals surface area contributed by atoms with Crippen molar-refractivity contribution in [2.75, 3.05) is 0 Å². The molecule has 0 saturated heterocycles. The molecule has 0 aliphatic carbocycles. The molecule has 2 N–H and O–H groups in total. The molecule has 0 aliphatic heterocycles. The van der Waals surface area contributed by atoms with Crippen molar-refractivity contribution in [1.29, 1.82) is 0 Å². The molecule has 4 aromatic rings. The fourth-order valence-electron chi connectivity index (χ4n) is 2.46. The number of H-pyrrole nitrogens is 1. The van der Waals surface area contributed by atoms with Gasteiger partial charge in [-0.15, -0.1) is 0 Å². The van der Waals surface area contributed by atoms with E-state index in [1.54, 1.807) is 18.2 Å². The van der Waals surface area contributed by atoms with Crippen molar-refractivity contribution in [2.45, 2.75) is 6.54 Å². The molecule has 0 saturated carbocycles. The molecule has 3 aromatic heterocycles. The van der Waals surface area contributed by atoms with Gasteiger partial charge in [-0.2, -0.15) is 0 Å². The van der Waals surface area contributed by atoms with E-state index in [0.29, 0.717) is 18.1 Å². The molecule has 4 rings (SSSR count). The molecule has 0 unspecified atom stereocenters. The Kier molecular flexibility index (Phi) is 3.20. The summed E-state index contributed by atoms with van der Waals surface area (Å²) in [5.41, 5.74) is 2.28. The van der Waals surface area contributed by atoms with Crippen LogP contribution in [0.1, 0.15) is 16.1 Å². The monoisotopic (exact) mass is 307 g/mol. The predicted octanol–water partition coefficient (Wildman–Crippen LogP) is 3.35. The zero-order valence-electron chi connectivity index (χ0n) is 12.1. The van der Waals surface area contributed by atoms with E-state index in [-0.39, 0.29) is 11.6 Å². The Bertz CT molecular complexity index is 950. The first-order valence-electron chi connectivity index (χ1n) is 7.15.